The van der Waals surface area contributed by atoms with Crippen LogP contribution in [-0.4, -0.2) is 0 Å². The molecule has 0 spiro atoms. The number of hydrogen-bond acceptors (Lipinski definition) is 4. The fourth-order valence-electron chi connectivity index (χ4n) is 0. The molecule has 0 aromatic heterocycles. The van der Waals surface area contributed by atoms with E-state index >= 15 is 0 Å². The van der Waals surface area contributed by atoms with Gasteiger partial charge in [0, 0.05) is 0 Å². The van der Waals surface area contributed by atoms with Crippen LogP contribution in [0.2, 0.25) is 0 Å². The van der Waals surface area contributed by atoms with Gasteiger partial charge in [-0.2, -0.15) is 0 Å². The average Bonchev–Trinajstić information content (AvgIpc) is 0.722. The molecule has 8 heteroatoms. The van der Waals surface area contributed by atoms with Gasteiger partial charge < -0.3 is 0 Å². The van der Waals surface area contributed by atoms with Crippen molar-refractivity contribution in [1.82, 2.24) is 0 Å². The maximum absolute atomic E-state index is 8.58. The Kier molecular flexibility index (Phi) is 28.8. The zero-order valence-electron chi connectivity index (χ0n) is 4.42. The summed E-state index contributed by atoms with van der Waals surface area (Å²) < 4.78 is 34.3. The van der Waals surface area contributed by atoms with Crippen molar-refractivity contribution in [3.05, 3.63) is 0 Å². The van der Waals surface area contributed by atoms with Crippen LogP contribution in [0.1, 0.15) is 0 Å². The molecule has 4 nitrogen and oxygen atoms in total. The summed E-state index contributed by atoms with van der Waals surface area (Å²) in [6.07, 6.45) is 0. The number of hydrogen-bond donors (Lipinski definition) is 0. The maximum atomic E-state index is 8.58. The van der Waals surface area contributed by atoms with Gasteiger partial charge in [0.05, 0.1) is 0 Å². The Labute approximate surface area is 133 Å². The SMILES string of the molecule is F.[K+].[K+].[O]=[Mn](=[O])([O-])[O-]. The molecule has 0 aliphatic rings. The van der Waals surface area contributed by atoms with Gasteiger partial charge in [0.2, 0.25) is 0 Å². The molecule has 0 atom stereocenters. The molecule has 0 heterocycles. The molecule has 0 bridgehead atoms. The quantitative estimate of drug-likeness (QED) is 0.377. The third-order valence-electron chi connectivity index (χ3n) is 0. The van der Waals surface area contributed by atoms with E-state index in [0.717, 1.165) is 0 Å². The van der Waals surface area contributed by atoms with E-state index in [9.17, 15) is 0 Å². The Bertz CT molecular complexity index is 97.2. The molecule has 41 valence electrons. The average molecular weight is 217 g/mol. The standard InChI is InChI=1S/FH.2K.Mn.4O/h1H;;;;;;;/q;2*+1;;;;2*-1. The van der Waals surface area contributed by atoms with E-state index in [0.29, 0.717) is 0 Å². The molecule has 0 aliphatic heterocycles. The Balaban J connectivity index is -0.0000000267. The predicted molar refractivity (Wildman–Crippen MR) is 3.88 cm³/mol. The van der Waals surface area contributed by atoms with Gasteiger partial charge in [-0.15, -0.1) is 0 Å². The van der Waals surface area contributed by atoms with Crippen LogP contribution in [0.25, 0.3) is 0 Å². The van der Waals surface area contributed by atoms with Gasteiger partial charge in [-0.25, -0.2) is 0 Å². The first-order valence-corrected chi connectivity index (χ1v) is 2.54. The van der Waals surface area contributed by atoms with Gasteiger partial charge in [-0.1, -0.05) is 0 Å². The molecular weight excluding hydrogens is 216 g/mol. The molecule has 0 aromatic rings. The second-order valence-corrected chi connectivity index (χ2v) is 1.56. The van der Waals surface area contributed by atoms with Crippen LogP contribution >= 0.6 is 0 Å². The summed E-state index contributed by atoms with van der Waals surface area (Å²) in [5.41, 5.74) is 0. The van der Waals surface area contributed by atoms with Crippen LogP contribution in [0, 0.1) is 0 Å². The summed E-state index contributed by atoms with van der Waals surface area (Å²) in [6, 6.07) is 0. The van der Waals surface area contributed by atoms with Gasteiger partial charge in [0.1, 0.15) is 0 Å². The zero-order valence-corrected chi connectivity index (χ0v) is 11.8. The topological polar surface area (TPSA) is 80.3 Å². The first kappa shape index (κ1) is 22.5. The van der Waals surface area contributed by atoms with Crippen molar-refractivity contribution in [1.29, 1.82) is 0 Å². The summed E-state index contributed by atoms with van der Waals surface area (Å²) >= 11 is -5.62. The van der Waals surface area contributed by atoms with E-state index < -0.39 is 13.4 Å². The van der Waals surface area contributed by atoms with Crippen molar-refractivity contribution < 1.29 is 137 Å². The van der Waals surface area contributed by atoms with Crippen LogP contribution in [0.5, 0.6) is 0 Å². The normalized spacial score (nSPS) is 7.25. The Morgan fingerprint density at radius 3 is 1.00 bits per heavy atom. The Hall–Kier alpha value is 3.24. The Morgan fingerprint density at radius 2 is 1.00 bits per heavy atom. The number of halogens is 1. The summed E-state index contributed by atoms with van der Waals surface area (Å²) in [6.45, 7) is 0. The van der Waals surface area contributed by atoms with E-state index in [1.165, 1.54) is 0 Å². The van der Waals surface area contributed by atoms with Crippen molar-refractivity contribution in [3.8, 4) is 0 Å². The van der Waals surface area contributed by atoms with E-state index in [-0.39, 0.29) is 107 Å². The van der Waals surface area contributed by atoms with Crippen molar-refractivity contribution in [2.24, 2.45) is 0 Å². The van der Waals surface area contributed by atoms with Gasteiger partial charge in [-0.3, -0.25) is 4.70 Å². The minimum atomic E-state index is -5.62. The van der Waals surface area contributed by atoms with E-state index in [1.807, 2.05) is 0 Å². The fourth-order valence-corrected chi connectivity index (χ4v) is 0. The van der Waals surface area contributed by atoms with E-state index in [4.69, 9.17) is 16.0 Å². The predicted octanol–water partition coefficient (Wildman–Crippen LogP) is -8.46. The zero-order chi connectivity index (χ0) is 4.50. The molecule has 0 fully saturated rings. The summed E-state index contributed by atoms with van der Waals surface area (Å²) in [7, 11) is 0. The van der Waals surface area contributed by atoms with Gasteiger partial charge in [-0.05, 0) is 0 Å². The minimum absolute atomic E-state index is 0. The molecule has 8 heavy (non-hydrogen) atoms. The van der Waals surface area contributed by atoms with Crippen LogP contribution in [0.4, 0.5) is 4.70 Å². The first-order chi connectivity index (χ1) is 2.00. The van der Waals surface area contributed by atoms with Crippen LogP contribution in [-0.2, 0) is 21.0 Å². The second kappa shape index (κ2) is 10.2. The van der Waals surface area contributed by atoms with E-state index in [2.05, 4.69) is 0 Å². The van der Waals surface area contributed by atoms with Crippen molar-refractivity contribution in [2.45, 2.75) is 0 Å². The molecule has 0 radical (unpaired) electrons. The van der Waals surface area contributed by atoms with Crippen LogP contribution < -0.4 is 111 Å². The third-order valence-corrected chi connectivity index (χ3v) is 0. The molecule has 0 saturated heterocycles. The fraction of sp³-hybridized carbons (Fsp3) is 0. The molecular formula is HFK2MnO4. The van der Waals surface area contributed by atoms with Crippen molar-refractivity contribution >= 4 is 0 Å². The molecule has 0 saturated carbocycles. The van der Waals surface area contributed by atoms with Gasteiger partial charge in [0.15, 0.2) is 0 Å². The van der Waals surface area contributed by atoms with Crippen LogP contribution in [0.15, 0.2) is 0 Å². The van der Waals surface area contributed by atoms with Crippen molar-refractivity contribution in [2.75, 3.05) is 0 Å². The molecule has 0 amide bonds. The monoisotopic (exact) mass is 217 g/mol. The number of rotatable bonds is 0. The summed E-state index contributed by atoms with van der Waals surface area (Å²) in [5, 5.41) is 0. The Morgan fingerprint density at radius 1 is 1.00 bits per heavy atom. The van der Waals surface area contributed by atoms with Gasteiger partial charge >= 0.3 is 132 Å². The molecule has 0 aliphatic carbocycles. The second-order valence-electron chi connectivity index (χ2n) is 0.378. The van der Waals surface area contributed by atoms with E-state index in [1.54, 1.807) is 0 Å². The molecule has 0 aromatic carbocycles. The summed E-state index contributed by atoms with van der Waals surface area (Å²) in [4.78, 5) is 0. The van der Waals surface area contributed by atoms with Gasteiger partial charge in [0.25, 0.3) is 0 Å². The first-order valence-electron chi connectivity index (χ1n) is 0.617. The molecule has 0 unspecified atom stereocenters. The van der Waals surface area contributed by atoms with Crippen molar-refractivity contribution in [3.63, 3.8) is 0 Å². The molecule has 0 rings (SSSR count). The van der Waals surface area contributed by atoms with Crippen LogP contribution in [0.3, 0.4) is 0 Å². The third kappa shape index (κ3) is 59.7. The molecule has 0 N–H and O–H groups in total. The summed E-state index contributed by atoms with van der Waals surface area (Å²) in [5.74, 6) is 0.